The topological polar surface area (TPSA) is 80.8 Å². The molecular weight excluding hydrogens is 342 g/mol. The van der Waals surface area contributed by atoms with Crippen molar-refractivity contribution in [2.24, 2.45) is 5.92 Å². The van der Waals surface area contributed by atoms with Crippen molar-refractivity contribution in [3.05, 3.63) is 29.3 Å². The Kier molecular flexibility index (Phi) is 4.89. The summed E-state index contributed by atoms with van der Waals surface area (Å²) < 4.78 is 10.6. The van der Waals surface area contributed by atoms with Gasteiger partial charge in [0, 0.05) is 24.4 Å². The highest BCUT2D eigenvalue weighted by molar-refractivity contribution is 7.13. The molecule has 0 unspecified atom stereocenters. The number of ether oxygens (including phenoxy) is 2. The van der Waals surface area contributed by atoms with Crippen molar-refractivity contribution in [3.63, 3.8) is 0 Å². The van der Waals surface area contributed by atoms with Gasteiger partial charge >= 0.3 is 0 Å². The molecule has 1 atom stereocenters. The number of amides is 2. The van der Waals surface area contributed by atoms with E-state index in [0.29, 0.717) is 28.9 Å². The maximum atomic E-state index is 12.5. The Hall–Kier alpha value is -2.61. The number of hydrogen-bond acceptors (Lipinski definition) is 6. The third kappa shape index (κ3) is 3.58. The summed E-state index contributed by atoms with van der Waals surface area (Å²) in [5.41, 5.74) is 1.46. The van der Waals surface area contributed by atoms with Crippen LogP contribution in [0.5, 0.6) is 11.5 Å². The fourth-order valence-electron chi connectivity index (χ4n) is 2.74. The van der Waals surface area contributed by atoms with E-state index in [0.717, 1.165) is 5.69 Å². The number of thiazole rings is 1. The number of hydrogen-bond donors (Lipinski definition) is 1. The summed E-state index contributed by atoms with van der Waals surface area (Å²) in [5.74, 6) is 0.419. The molecule has 0 spiro atoms. The molecule has 0 aliphatic carbocycles. The lowest BCUT2D eigenvalue weighted by atomic mass is 10.1. The van der Waals surface area contributed by atoms with Crippen LogP contribution in [0.4, 0.5) is 10.8 Å². The number of nitrogens with zero attached hydrogens (tertiary/aromatic N) is 2. The lowest BCUT2D eigenvalue weighted by molar-refractivity contribution is -0.122. The van der Waals surface area contributed by atoms with Crippen molar-refractivity contribution < 1.29 is 19.1 Å². The molecule has 8 heteroatoms. The Balaban J connectivity index is 1.77. The highest BCUT2D eigenvalue weighted by Gasteiger charge is 2.36. The first-order chi connectivity index (χ1) is 12.0. The number of carbonyl (C=O) groups is 2. The van der Waals surface area contributed by atoms with Crippen LogP contribution in [0.1, 0.15) is 12.1 Å². The number of benzene rings is 1. The van der Waals surface area contributed by atoms with Crippen LogP contribution in [0.15, 0.2) is 23.6 Å². The number of nitrogens with one attached hydrogen (secondary N) is 1. The van der Waals surface area contributed by atoms with E-state index in [1.54, 1.807) is 37.3 Å². The van der Waals surface area contributed by atoms with Crippen LogP contribution in [-0.2, 0) is 9.59 Å². The van der Waals surface area contributed by atoms with Crippen LogP contribution in [0, 0.1) is 12.8 Å². The van der Waals surface area contributed by atoms with E-state index in [9.17, 15) is 9.59 Å². The fourth-order valence-corrected chi connectivity index (χ4v) is 3.43. The van der Waals surface area contributed by atoms with Gasteiger partial charge in [-0.05, 0) is 19.1 Å². The van der Waals surface area contributed by atoms with E-state index >= 15 is 0 Å². The summed E-state index contributed by atoms with van der Waals surface area (Å²) in [6, 6.07) is 5.24. The van der Waals surface area contributed by atoms with Gasteiger partial charge in [0.2, 0.25) is 11.8 Å². The fraction of sp³-hybridized carbons (Fsp3) is 0.353. The molecule has 25 heavy (non-hydrogen) atoms. The predicted molar refractivity (Wildman–Crippen MR) is 95.5 cm³/mol. The minimum absolute atomic E-state index is 0.123. The molecule has 0 radical (unpaired) electrons. The van der Waals surface area contributed by atoms with E-state index in [1.165, 1.54) is 11.3 Å². The monoisotopic (exact) mass is 361 g/mol. The first-order valence-electron chi connectivity index (χ1n) is 7.77. The van der Waals surface area contributed by atoms with E-state index in [4.69, 9.17) is 9.47 Å². The van der Waals surface area contributed by atoms with Gasteiger partial charge in [-0.1, -0.05) is 0 Å². The van der Waals surface area contributed by atoms with E-state index < -0.39 is 5.92 Å². The van der Waals surface area contributed by atoms with Crippen molar-refractivity contribution in [1.29, 1.82) is 0 Å². The number of anilines is 2. The number of aryl methyl sites for hydroxylation is 1. The van der Waals surface area contributed by atoms with Gasteiger partial charge in [0.15, 0.2) is 5.13 Å². The molecule has 132 valence electrons. The first-order valence-corrected chi connectivity index (χ1v) is 8.65. The smallest absolute Gasteiger partial charge is 0.231 e. The average Bonchev–Trinajstić information content (AvgIpc) is 3.19. The average molecular weight is 361 g/mol. The molecule has 1 aromatic carbocycles. The Morgan fingerprint density at radius 1 is 1.36 bits per heavy atom. The second kappa shape index (κ2) is 7.10. The SMILES string of the molecule is COc1ccc(OC)c(N2C[C@@H](C(=O)Nc3nc(C)cs3)CC2=O)c1. The third-order valence-electron chi connectivity index (χ3n) is 4.02. The summed E-state index contributed by atoms with van der Waals surface area (Å²) in [4.78, 5) is 30.7. The zero-order chi connectivity index (χ0) is 18.0. The highest BCUT2D eigenvalue weighted by Crippen LogP contribution is 2.36. The van der Waals surface area contributed by atoms with Crippen molar-refractivity contribution in [2.45, 2.75) is 13.3 Å². The van der Waals surface area contributed by atoms with Crippen molar-refractivity contribution in [1.82, 2.24) is 4.98 Å². The van der Waals surface area contributed by atoms with E-state index in [2.05, 4.69) is 10.3 Å². The van der Waals surface area contributed by atoms with Gasteiger partial charge in [-0.15, -0.1) is 11.3 Å². The van der Waals surface area contributed by atoms with Crippen molar-refractivity contribution >= 4 is 34.0 Å². The molecule has 0 saturated carbocycles. The van der Waals surface area contributed by atoms with Gasteiger partial charge in [0.1, 0.15) is 11.5 Å². The summed E-state index contributed by atoms with van der Waals surface area (Å²) in [6.07, 6.45) is 0.149. The zero-order valence-electron chi connectivity index (χ0n) is 14.2. The highest BCUT2D eigenvalue weighted by atomic mass is 32.1. The molecule has 0 bridgehead atoms. The van der Waals surface area contributed by atoms with Gasteiger partial charge in [-0.3, -0.25) is 9.59 Å². The van der Waals surface area contributed by atoms with Gasteiger partial charge < -0.3 is 19.7 Å². The maximum absolute atomic E-state index is 12.5. The lowest BCUT2D eigenvalue weighted by Gasteiger charge is -2.20. The standard InChI is InChI=1S/C17H19N3O4S/c1-10-9-25-17(18-10)19-16(22)11-6-15(21)20(8-11)13-7-12(23-2)4-5-14(13)24-3/h4-5,7,9,11H,6,8H2,1-3H3,(H,18,19,22)/t11-/m0/s1. The number of methoxy groups -OCH3 is 2. The predicted octanol–water partition coefficient (Wildman–Crippen LogP) is 2.46. The maximum Gasteiger partial charge on any atom is 0.231 e. The second-order valence-electron chi connectivity index (χ2n) is 5.73. The van der Waals surface area contributed by atoms with E-state index in [1.807, 2.05) is 12.3 Å². The largest absolute Gasteiger partial charge is 0.497 e. The molecule has 2 aromatic rings. The minimum atomic E-state index is -0.437. The van der Waals surface area contributed by atoms with Gasteiger partial charge in [-0.25, -0.2) is 4.98 Å². The van der Waals surface area contributed by atoms with Gasteiger partial charge in [0.05, 0.1) is 31.5 Å². The lowest BCUT2D eigenvalue weighted by Crippen LogP contribution is -2.28. The molecule has 1 aromatic heterocycles. The van der Waals surface area contributed by atoms with Gasteiger partial charge in [-0.2, -0.15) is 0 Å². The Bertz CT molecular complexity index is 805. The van der Waals surface area contributed by atoms with Gasteiger partial charge in [0.25, 0.3) is 0 Å². The Labute approximate surface area is 149 Å². The van der Waals surface area contributed by atoms with Crippen molar-refractivity contribution in [2.75, 3.05) is 31.0 Å². The van der Waals surface area contributed by atoms with Crippen molar-refractivity contribution in [3.8, 4) is 11.5 Å². The molecule has 1 saturated heterocycles. The van der Waals surface area contributed by atoms with E-state index in [-0.39, 0.29) is 18.2 Å². The molecular formula is C17H19N3O4S. The number of aromatic nitrogens is 1. The molecule has 3 rings (SSSR count). The molecule has 1 aliphatic rings. The van der Waals surface area contributed by atoms with Crippen LogP contribution >= 0.6 is 11.3 Å². The summed E-state index contributed by atoms with van der Waals surface area (Å²) >= 11 is 1.37. The third-order valence-corrected chi connectivity index (χ3v) is 4.90. The molecule has 1 fully saturated rings. The second-order valence-corrected chi connectivity index (χ2v) is 6.58. The normalized spacial score (nSPS) is 16.8. The summed E-state index contributed by atoms with van der Waals surface area (Å²) in [6.45, 7) is 2.15. The molecule has 2 heterocycles. The first kappa shape index (κ1) is 17.2. The molecule has 1 N–H and O–H groups in total. The number of carbonyl (C=O) groups excluding carboxylic acids is 2. The van der Waals surface area contributed by atoms with Crippen LogP contribution in [0.3, 0.4) is 0 Å². The summed E-state index contributed by atoms with van der Waals surface area (Å²) in [7, 11) is 3.10. The summed E-state index contributed by atoms with van der Waals surface area (Å²) in [5, 5.41) is 5.19. The van der Waals surface area contributed by atoms with Crippen LogP contribution < -0.4 is 19.7 Å². The minimum Gasteiger partial charge on any atom is -0.497 e. The zero-order valence-corrected chi connectivity index (χ0v) is 15.1. The number of rotatable bonds is 5. The Morgan fingerprint density at radius 2 is 2.16 bits per heavy atom. The molecule has 2 amide bonds. The van der Waals surface area contributed by atoms with Crippen LogP contribution in [0.25, 0.3) is 0 Å². The molecule has 1 aliphatic heterocycles. The molecule has 7 nitrogen and oxygen atoms in total. The van der Waals surface area contributed by atoms with Crippen LogP contribution in [0.2, 0.25) is 0 Å². The quantitative estimate of drug-likeness (QED) is 0.885. The van der Waals surface area contributed by atoms with Crippen LogP contribution in [-0.4, -0.2) is 37.6 Å². The Morgan fingerprint density at radius 3 is 2.80 bits per heavy atom.